The van der Waals surface area contributed by atoms with Crippen molar-refractivity contribution in [3.8, 4) is 0 Å². The maximum atomic E-state index is 5.30. The topological polar surface area (TPSA) is 55.9 Å². The summed E-state index contributed by atoms with van der Waals surface area (Å²) in [5.74, 6) is 0.926. The van der Waals surface area contributed by atoms with Crippen LogP contribution in [0.5, 0.6) is 0 Å². The van der Waals surface area contributed by atoms with Crippen molar-refractivity contribution in [1.29, 1.82) is 0 Å². The van der Waals surface area contributed by atoms with E-state index >= 15 is 0 Å². The van der Waals surface area contributed by atoms with Crippen LogP contribution < -0.4 is 10.4 Å². The van der Waals surface area contributed by atoms with Crippen molar-refractivity contribution in [3.05, 3.63) is 6.20 Å². The SMILES string of the molecule is CC(C)C[n+]1cc(N)on1. The molecular formula is C6H12N3O+. The first-order valence-electron chi connectivity index (χ1n) is 3.30. The number of rotatable bonds is 2. The fourth-order valence-corrected chi connectivity index (χ4v) is 0.754. The van der Waals surface area contributed by atoms with E-state index in [0.717, 1.165) is 6.54 Å². The smallest absolute Gasteiger partial charge is 0.293 e. The van der Waals surface area contributed by atoms with E-state index in [4.69, 9.17) is 5.73 Å². The first-order chi connectivity index (χ1) is 4.68. The largest absolute Gasteiger partial charge is 0.362 e. The summed E-state index contributed by atoms with van der Waals surface area (Å²) in [6.45, 7) is 5.07. The van der Waals surface area contributed by atoms with E-state index in [-0.39, 0.29) is 0 Å². The van der Waals surface area contributed by atoms with Crippen LogP contribution in [-0.4, -0.2) is 5.27 Å². The summed E-state index contributed by atoms with van der Waals surface area (Å²) >= 11 is 0. The van der Waals surface area contributed by atoms with Gasteiger partial charge < -0.3 is 5.73 Å². The molecule has 0 aromatic carbocycles. The molecule has 2 N–H and O–H groups in total. The summed E-state index contributed by atoms with van der Waals surface area (Å²) in [5, 5.41) is 3.67. The van der Waals surface area contributed by atoms with Crippen LogP contribution in [0.15, 0.2) is 10.7 Å². The highest BCUT2D eigenvalue weighted by Crippen LogP contribution is 1.93. The lowest BCUT2D eigenvalue weighted by Gasteiger charge is -1.90. The van der Waals surface area contributed by atoms with Crippen LogP contribution in [0, 0.1) is 5.92 Å². The van der Waals surface area contributed by atoms with Crippen LogP contribution in [0.4, 0.5) is 5.88 Å². The van der Waals surface area contributed by atoms with E-state index in [1.54, 1.807) is 10.9 Å². The number of aromatic nitrogens is 2. The van der Waals surface area contributed by atoms with Crippen LogP contribution >= 0.6 is 0 Å². The molecule has 1 heterocycles. The molecule has 0 aliphatic carbocycles. The molecule has 0 atom stereocenters. The van der Waals surface area contributed by atoms with E-state index in [1.165, 1.54) is 0 Å². The molecule has 0 spiro atoms. The van der Waals surface area contributed by atoms with Gasteiger partial charge in [0.05, 0.1) is 0 Å². The predicted octanol–water partition coefficient (Wildman–Crippen LogP) is 0.200. The molecule has 0 aliphatic rings. The Bertz CT molecular complexity index is 207. The van der Waals surface area contributed by atoms with Gasteiger partial charge in [0.2, 0.25) is 5.27 Å². The van der Waals surface area contributed by atoms with E-state index in [1.807, 2.05) is 0 Å². The minimum absolute atomic E-state index is 0.362. The van der Waals surface area contributed by atoms with Crippen molar-refractivity contribution in [1.82, 2.24) is 5.27 Å². The Hall–Kier alpha value is -1.06. The van der Waals surface area contributed by atoms with Crippen LogP contribution in [-0.2, 0) is 6.54 Å². The summed E-state index contributed by atoms with van der Waals surface area (Å²) < 4.78 is 6.35. The summed E-state index contributed by atoms with van der Waals surface area (Å²) in [5.41, 5.74) is 5.30. The zero-order valence-electron chi connectivity index (χ0n) is 6.24. The van der Waals surface area contributed by atoms with E-state index in [0.29, 0.717) is 11.8 Å². The Balaban J connectivity index is 2.58. The van der Waals surface area contributed by atoms with Crippen molar-refractivity contribution in [2.45, 2.75) is 20.4 Å². The lowest BCUT2D eigenvalue weighted by molar-refractivity contribution is -0.766. The van der Waals surface area contributed by atoms with Crippen LogP contribution in [0.25, 0.3) is 0 Å². The maximum Gasteiger partial charge on any atom is 0.293 e. The molecule has 4 nitrogen and oxygen atoms in total. The van der Waals surface area contributed by atoms with Gasteiger partial charge in [0.25, 0.3) is 12.1 Å². The predicted molar refractivity (Wildman–Crippen MR) is 35.9 cm³/mol. The quantitative estimate of drug-likeness (QED) is 0.600. The summed E-state index contributed by atoms with van der Waals surface area (Å²) in [6, 6.07) is 0. The normalized spacial score (nSPS) is 10.7. The van der Waals surface area contributed by atoms with E-state index < -0.39 is 0 Å². The van der Waals surface area contributed by atoms with Crippen LogP contribution in [0.2, 0.25) is 0 Å². The van der Waals surface area contributed by atoms with Crippen molar-refractivity contribution >= 4 is 5.88 Å². The standard InChI is InChI=1S/C6H12N3O/c1-5(2)3-9-4-6(7)10-8-9/h4-5H,3,7H2,1-2H3/q+1. The van der Waals surface area contributed by atoms with Gasteiger partial charge in [-0.3, -0.25) is 4.52 Å². The average Bonchev–Trinajstić information content (AvgIpc) is 2.13. The minimum atomic E-state index is 0.362. The van der Waals surface area contributed by atoms with Gasteiger partial charge in [0.1, 0.15) is 0 Å². The van der Waals surface area contributed by atoms with E-state index in [9.17, 15) is 0 Å². The molecule has 0 fully saturated rings. The highest BCUT2D eigenvalue weighted by molar-refractivity contribution is 5.11. The van der Waals surface area contributed by atoms with Gasteiger partial charge in [-0.15, -0.1) is 0 Å². The monoisotopic (exact) mass is 142 g/mol. The number of anilines is 1. The summed E-state index contributed by atoms with van der Waals surface area (Å²) in [4.78, 5) is 0. The molecular weight excluding hydrogens is 130 g/mol. The average molecular weight is 142 g/mol. The molecule has 0 saturated heterocycles. The maximum absolute atomic E-state index is 5.30. The van der Waals surface area contributed by atoms with Gasteiger partial charge in [-0.2, -0.15) is 0 Å². The highest BCUT2D eigenvalue weighted by atomic mass is 16.5. The minimum Gasteiger partial charge on any atom is -0.362 e. The Morgan fingerprint density at radius 2 is 2.50 bits per heavy atom. The van der Waals surface area contributed by atoms with Crippen molar-refractivity contribution in [2.24, 2.45) is 5.92 Å². The molecule has 0 aliphatic heterocycles. The van der Waals surface area contributed by atoms with Gasteiger partial charge >= 0.3 is 0 Å². The zero-order valence-corrected chi connectivity index (χ0v) is 6.24. The molecule has 10 heavy (non-hydrogen) atoms. The van der Waals surface area contributed by atoms with Crippen LogP contribution in [0.1, 0.15) is 13.8 Å². The summed E-state index contributed by atoms with van der Waals surface area (Å²) in [6.07, 6.45) is 1.68. The van der Waals surface area contributed by atoms with Gasteiger partial charge in [-0.1, -0.05) is 18.5 Å². The molecule has 1 aromatic rings. The third kappa shape index (κ3) is 1.72. The first kappa shape index (κ1) is 7.05. The zero-order chi connectivity index (χ0) is 7.56. The van der Waals surface area contributed by atoms with Crippen molar-refractivity contribution in [3.63, 3.8) is 0 Å². The lowest BCUT2D eigenvalue weighted by atomic mass is 10.2. The number of nitrogens with zero attached hydrogens (tertiary/aromatic N) is 2. The molecule has 56 valence electrons. The molecule has 0 unspecified atom stereocenters. The number of nitrogens with two attached hydrogens (primary N) is 1. The molecule has 0 saturated carbocycles. The fraction of sp³-hybridized carbons (Fsp3) is 0.667. The molecule has 1 rings (SSSR count). The Morgan fingerprint density at radius 3 is 2.90 bits per heavy atom. The highest BCUT2D eigenvalue weighted by Gasteiger charge is 2.09. The Morgan fingerprint density at radius 1 is 1.80 bits per heavy atom. The van der Waals surface area contributed by atoms with Gasteiger partial charge in [0.15, 0.2) is 6.54 Å². The van der Waals surface area contributed by atoms with Gasteiger partial charge in [0, 0.05) is 5.92 Å². The number of hydrogen-bond acceptors (Lipinski definition) is 3. The third-order valence-electron chi connectivity index (χ3n) is 1.08. The second-order valence-corrected chi connectivity index (χ2v) is 2.72. The second-order valence-electron chi connectivity index (χ2n) is 2.72. The second kappa shape index (κ2) is 2.68. The lowest BCUT2D eigenvalue weighted by Crippen LogP contribution is -2.37. The molecule has 1 aromatic heterocycles. The molecule has 0 bridgehead atoms. The van der Waals surface area contributed by atoms with Crippen LogP contribution in [0.3, 0.4) is 0 Å². The molecule has 0 radical (unpaired) electrons. The van der Waals surface area contributed by atoms with Crippen molar-refractivity contribution in [2.75, 3.05) is 5.73 Å². The molecule has 4 heteroatoms. The Labute approximate surface area is 59.6 Å². The Kier molecular flexibility index (Phi) is 1.89. The first-order valence-corrected chi connectivity index (χ1v) is 3.30. The number of nitrogen functional groups attached to an aromatic ring is 1. The fourth-order valence-electron chi connectivity index (χ4n) is 0.754. The van der Waals surface area contributed by atoms with Gasteiger partial charge in [-0.25, -0.2) is 0 Å². The molecule has 0 amide bonds. The van der Waals surface area contributed by atoms with Gasteiger partial charge in [-0.05, 0) is 0 Å². The third-order valence-corrected chi connectivity index (χ3v) is 1.08. The van der Waals surface area contributed by atoms with E-state index in [2.05, 4.69) is 23.6 Å². The van der Waals surface area contributed by atoms with Crippen molar-refractivity contribution < 1.29 is 9.20 Å². The summed E-state index contributed by atoms with van der Waals surface area (Å²) in [7, 11) is 0. The number of hydrogen-bond donors (Lipinski definition) is 1.